The van der Waals surface area contributed by atoms with E-state index in [2.05, 4.69) is 10.6 Å². The smallest absolute Gasteiger partial charge is 0.411 e. The fourth-order valence-electron chi connectivity index (χ4n) is 1.96. The summed E-state index contributed by atoms with van der Waals surface area (Å²) in [7, 11) is 0. The van der Waals surface area contributed by atoms with Crippen LogP contribution in [-0.4, -0.2) is 23.5 Å². The predicted octanol–water partition coefficient (Wildman–Crippen LogP) is 3.42. The fraction of sp³-hybridized carbons (Fsp3) is 0.125. The van der Waals surface area contributed by atoms with Crippen LogP contribution in [0.5, 0.6) is 0 Å². The minimum atomic E-state index is -0.673. The average Bonchev–Trinajstić information content (AvgIpc) is 2.55. The van der Waals surface area contributed by atoms with Gasteiger partial charge in [-0.1, -0.05) is 18.2 Å². The van der Waals surface area contributed by atoms with Crippen LogP contribution in [0.1, 0.15) is 17.3 Å². The van der Waals surface area contributed by atoms with Gasteiger partial charge in [-0.3, -0.25) is 20.2 Å². The molecule has 0 saturated carbocycles. The maximum atomic E-state index is 12.4. The molecule has 0 aromatic heterocycles. The molecule has 0 unspecified atom stereocenters. The van der Waals surface area contributed by atoms with Crippen molar-refractivity contribution in [1.29, 1.82) is 0 Å². The molecular weight excluding hydrogens is 314 g/mol. The lowest BCUT2D eigenvalue weighted by Crippen LogP contribution is -2.18. The first-order valence-electron chi connectivity index (χ1n) is 7.10. The first kappa shape index (κ1) is 16.9. The number of hydrogen-bond acceptors (Lipinski definition) is 5. The average molecular weight is 329 g/mol. The molecule has 2 amide bonds. The number of nitrogens with one attached hydrogen (secondary N) is 2. The van der Waals surface area contributed by atoms with E-state index in [-0.39, 0.29) is 29.2 Å². The molecule has 0 saturated heterocycles. The molecule has 0 atom stereocenters. The number of anilines is 2. The number of nitrogens with zero attached hydrogens (tertiary/aromatic N) is 1. The van der Waals surface area contributed by atoms with E-state index in [1.165, 1.54) is 30.3 Å². The third-order valence-electron chi connectivity index (χ3n) is 3.00. The van der Waals surface area contributed by atoms with Gasteiger partial charge in [-0.15, -0.1) is 0 Å². The Kier molecular flexibility index (Phi) is 5.45. The van der Waals surface area contributed by atoms with Crippen molar-refractivity contribution in [3.63, 3.8) is 0 Å². The van der Waals surface area contributed by atoms with Crippen LogP contribution >= 0.6 is 0 Å². The van der Waals surface area contributed by atoms with Crippen molar-refractivity contribution in [3.05, 3.63) is 64.2 Å². The van der Waals surface area contributed by atoms with E-state index >= 15 is 0 Å². The Balaban J connectivity index is 2.19. The lowest BCUT2D eigenvalue weighted by atomic mass is 10.1. The molecule has 2 aromatic carbocycles. The van der Waals surface area contributed by atoms with Crippen molar-refractivity contribution in [2.24, 2.45) is 0 Å². The monoisotopic (exact) mass is 329 g/mol. The van der Waals surface area contributed by atoms with Gasteiger partial charge in [-0.2, -0.15) is 0 Å². The third-order valence-corrected chi connectivity index (χ3v) is 3.00. The normalized spacial score (nSPS) is 9.88. The number of ether oxygens (including phenoxy) is 1. The molecule has 0 spiro atoms. The standard InChI is InChI=1S/C16H15N3O5/c1-2-24-16(21)18-14-9-4-3-8-13(14)15(20)17-11-6-5-7-12(10-11)19(22)23/h3-10H,2H2,1H3,(H,17,20)(H,18,21). The predicted molar refractivity (Wildman–Crippen MR) is 88.1 cm³/mol. The highest BCUT2D eigenvalue weighted by atomic mass is 16.6. The van der Waals surface area contributed by atoms with E-state index in [1.807, 2.05) is 0 Å². The first-order valence-corrected chi connectivity index (χ1v) is 7.10. The zero-order chi connectivity index (χ0) is 17.5. The van der Waals surface area contributed by atoms with E-state index in [1.54, 1.807) is 25.1 Å². The maximum Gasteiger partial charge on any atom is 0.411 e. The van der Waals surface area contributed by atoms with Crippen molar-refractivity contribution in [1.82, 2.24) is 0 Å². The van der Waals surface area contributed by atoms with Gasteiger partial charge in [-0.25, -0.2) is 4.79 Å². The van der Waals surface area contributed by atoms with Crippen molar-refractivity contribution >= 4 is 29.1 Å². The largest absolute Gasteiger partial charge is 0.450 e. The quantitative estimate of drug-likeness (QED) is 0.645. The summed E-state index contributed by atoms with van der Waals surface area (Å²) < 4.78 is 4.78. The van der Waals surface area contributed by atoms with Crippen molar-refractivity contribution < 1.29 is 19.2 Å². The van der Waals surface area contributed by atoms with Gasteiger partial charge in [-0.05, 0) is 25.1 Å². The minimum Gasteiger partial charge on any atom is -0.450 e. The van der Waals surface area contributed by atoms with Gasteiger partial charge in [0.15, 0.2) is 0 Å². The molecule has 0 radical (unpaired) electrons. The van der Waals surface area contributed by atoms with Gasteiger partial charge < -0.3 is 10.1 Å². The molecule has 0 aliphatic rings. The Bertz CT molecular complexity index is 776. The Hall–Kier alpha value is -3.42. The van der Waals surface area contributed by atoms with Crippen LogP contribution in [0.3, 0.4) is 0 Å². The van der Waals surface area contributed by atoms with Crippen LogP contribution in [-0.2, 0) is 4.74 Å². The SMILES string of the molecule is CCOC(=O)Nc1ccccc1C(=O)Nc1cccc([N+](=O)[O-])c1. The van der Waals surface area contributed by atoms with Crippen LogP contribution < -0.4 is 10.6 Å². The summed E-state index contributed by atoms with van der Waals surface area (Å²) in [5, 5.41) is 15.8. The Morgan fingerprint density at radius 1 is 1.12 bits per heavy atom. The van der Waals surface area contributed by atoms with Gasteiger partial charge >= 0.3 is 6.09 Å². The van der Waals surface area contributed by atoms with Crippen LogP contribution in [0.25, 0.3) is 0 Å². The van der Waals surface area contributed by atoms with E-state index in [4.69, 9.17) is 4.74 Å². The molecule has 2 N–H and O–H groups in total. The summed E-state index contributed by atoms with van der Waals surface area (Å²) in [4.78, 5) is 34.1. The van der Waals surface area contributed by atoms with E-state index in [0.717, 1.165) is 0 Å². The number of non-ortho nitro benzene ring substituents is 1. The van der Waals surface area contributed by atoms with Crippen LogP contribution in [0.2, 0.25) is 0 Å². The second-order valence-electron chi connectivity index (χ2n) is 4.65. The van der Waals surface area contributed by atoms with E-state index in [0.29, 0.717) is 0 Å². The summed E-state index contributed by atoms with van der Waals surface area (Å²) in [6.45, 7) is 1.87. The highest BCUT2D eigenvalue weighted by Crippen LogP contribution is 2.20. The molecule has 2 rings (SSSR count). The zero-order valence-electron chi connectivity index (χ0n) is 12.8. The van der Waals surface area contributed by atoms with Gasteiger partial charge in [0.1, 0.15) is 0 Å². The molecule has 0 bridgehead atoms. The first-order chi connectivity index (χ1) is 11.5. The molecule has 8 nitrogen and oxygen atoms in total. The number of benzene rings is 2. The number of hydrogen-bond donors (Lipinski definition) is 2. The van der Waals surface area contributed by atoms with Crippen LogP contribution in [0.15, 0.2) is 48.5 Å². The lowest BCUT2D eigenvalue weighted by Gasteiger charge is -2.11. The molecule has 0 aliphatic carbocycles. The molecule has 24 heavy (non-hydrogen) atoms. The summed E-state index contributed by atoms with van der Waals surface area (Å²) in [5.41, 5.74) is 0.627. The molecule has 0 heterocycles. The third kappa shape index (κ3) is 4.29. The van der Waals surface area contributed by atoms with Gasteiger partial charge in [0, 0.05) is 17.8 Å². The lowest BCUT2D eigenvalue weighted by molar-refractivity contribution is -0.384. The van der Waals surface area contributed by atoms with Crippen molar-refractivity contribution in [3.8, 4) is 0 Å². The zero-order valence-corrected chi connectivity index (χ0v) is 12.8. The van der Waals surface area contributed by atoms with E-state index in [9.17, 15) is 19.7 Å². The Morgan fingerprint density at radius 2 is 1.88 bits per heavy atom. The molecular formula is C16H15N3O5. The molecule has 8 heteroatoms. The number of carbonyl (C=O) groups excluding carboxylic acids is 2. The molecule has 124 valence electrons. The van der Waals surface area contributed by atoms with Crippen molar-refractivity contribution in [2.45, 2.75) is 6.92 Å². The second-order valence-corrected chi connectivity index (χ2v) is 4.65. The van der Waals surface area contributed by atoms with E-state index < -0.39 is 16.9 Å². The minimum absolute atomic E-state index is 0.134. The topological polar surface area (TPSA) is 111 Å². The highest BCUT2D eigenvalue weighted by molar-refractivity contribution is 6.09. The number of amides is 2. The second kappa shape index (κ2) is 7.73. The summed E-state index contributed by atoms with van der Waals surface area (Å²) in [5.74, 6) is -0.511. The number of para-hydroxylation sites is 1. The molecule has 0 aliphatic heterocycles. The van der Waals surface area contributed by atoms with Gasteiger partial charge in [0.2, 0.25) is 0 Å². The summed E-state index contributed by atoms with van der Waals surface area (Å²) >= 11 is 0. The van der Waals surface area contributed by atoms with Crippen LogP contribution in [0, 0.1) is 10.1 Å². The number of rotatable bonds is 5. The molecule has 0 fully saturated rings. The summed E-state index contributed by atoms with van der Waals surface area (Å²) in [6, 6.07) is 12.0. The Labute approximate surface area is 137 Å². The maximum absolute atomic E-state index is 12.4. The van der Waals surface area contributed by atoms with Crippen molar-refractivity contribution in [2.75, 3.05) is 17.2 Å². The number of nitro groups is 1. The number of carbonyl (C=O) groups is 2. The van der Waals surface area contributed by atoms with Crippen LogP contribution in [0.4, 0.5) is 21.9 Å². The fourth-order valence-corrected chi connectivity index (χ4v) is 1.96. The number of nitro benzene ring substituents is 1. The van der Waals surface area contributed by atoms with Gasteiger partial charge in [0.25, 0.3) is 11.6 Å². The molecule has 2 aromatic rings. The Morgan fingerprint density at radius 3 is 2.58 bits per heavy atom. The summed E-state index contributed by atoms with van der Waals surface area (Å²) in [6.07, 6.45) is -0.673. The van der Waals surface area contributed by atoms with Gasteiger partial charge in [0.05, 0.1) is 22.8 Å². The highest BCUT2D eigenvalue weighted by Gasteiger charge is 2.15.